The van der Waals surface area contributed by atoms with Crippen LogP contribution in [0.3, 0.4) is 0 Å². The first kappa shape index (κ1) is 22.5. The molecule has 0 radical (unpaired) electrons. The molecule has 31 heavy (non-hydrogen) atoms. The minimum atomic E-state index is -4.97. The van der Waals surface area contributed by atoms with Crippen LogP contribution in [0.2, 0.25) is 0 Å². The van der Waals surface area contributed by atoms with Gasteiger partial charge in [-0.2, -0.15) is 18.4 Å². The van der Waals surface area contributed by atoms with E-state index < -0.39 is 38.9 Å². The number of nitrogens with zero attached hydrogens (tertiary/aromatic N) is 3. The highest BCUT2D eigenvalue weighted by Gasteiger charge is 2.44. The van der Waals surface area contributed by atoms with Gasteiger partial charge in [0.2, 0.25) is 21.8 Å². The Hall–Kier alpha value is -3.14. The monoisotopic (exact) mass is 460 g/mol. The van der Waals surface area contributed by atoms with Crippen molar-refractivity contribution in [2.24, 2.45) is 5.41 Å². The van der Waals surface area contributed by atoms with Crippen molar-refractivity contribution in [3.63, 3.8) is 0 Å². The Kier molecular flexibility index (Phi) is 5.95. The van der Waals surface area contributed by atoms with Crippen molar-refractivity contribution in [3.8, 4) is 29.1 Å². The van der Waals surface area contributed by atoms with Crippen molar-refractivity contribution in [2.75, 3.05) is 24.2 Å². The molecule has 166 valence electrons. The molecular formula is C18H16F4N4O4S. The zero-order valence-corrected chi connectivity index (χ0v) is 16.8. The van der Waals surface area contributed by atoms with Gasteiger partial charge in [0.15, 0.2) is 5.75 Å². The van der Waals surface area contributed by atoms with Crippen LogP contribution in [-0.4, -0.2) is 44.0 Å². The van der Waals surface area contributed by atoms with Gasteiger partial charge in [-0.05, 0) is 25.0 Å². The van der Waals surface area contributed by atoms with Gasteiger partial charge >= 0.3 is 6.18 Å². The molecule has 1 aliphatic rings. The average molecular weight is 460 g/mol. The van der Waals surface area contributed by atoms with E-state index in [2.05, 4.69) is 16.0 Å². The predicted molar refractivity (Wildman–Crippen MR) is 100 cm³/mol. The van der Waals surface area contributed by atoms with Crippen molar-refractivity contribution < 1.29 is 35.5 Å². The topological polar surface area (TPSA) is 114 Å². The number of anilines is 1. The fourth-order valence-corrected chi connectivity index (χ4v) is 3.58. The predicted octanol–water partition coefficient (Wildman–Crippen LogP) is 3.28. The van der Waals surface area contributed by atoms with Gasteiger partial charge in [-0.15, -0.1) is 0 Å². The molecule has 1 fully saturated rings. The molecule has 3 rings (SSSR count). The number of alkyl halides is 3. The molecule has 1 saturated carbocycles. The molecule has 13 heteroatoms. The highest BCUT2D eigenvalue weighted by molar-refractivity contribution is 7.92. The number of aromatic nitrogens is 2. The minimum Gasteiger partial charge on any atom is -0.480 e. The summed E-state index contributed by atoms with van der Waals surface area (Å²) in [5.41, 5.74) is -1.30. The normalized spacial score (nSPS) is 15.1. The van der Waals surface area contributed by atoms with Crippen LogP contribution in [0.4, 0.5) is 23.2 Å². The third-order valence-electron chi connectivity index (χ3n) is 4.34. The maximum Gasteiger partial charge on any atom is 0.404 e. The molecule has 0 saturated heterocycles. The fraction of sp³-hybridized carbons (Fsp3) is 0.389. The van der Waals surface area contributed by atoms with E-state index in [1.54, 1.807) is 4.72 Å². The highest BCUT2D eigenvalue weighted by atomic mass is 32.2. The van der Waals surface area contributed by atoms with Crippen LogP contribution in [0.25, 0.3) is 11.3 Å². The van der Waals surface area contributed by atoms with E-state index in [4.69, 9.17) is 14.7 Å². The molecule has 0 atom stereocenters. The lowest BCUT2D eigenvalue weighted by molar-refractivity contribution is -0.106. The van der Waals surface area contributed by atoms with E-state index in [-0.39, 0.29) is 29.6 Å². The van der Waals surface area contributed by atoms with Crippen molar-refractivity contribution in [2.45, 2.75) is 19.0 Å². The first-order valence-corrected chi connectivity index (χ1v) is 10.4. The van der Waals surface area contributed by atoms with Crippen molar-refractivity contribution >= 4 is 15.7 Å². The summed E-state index contributed by atoms with van der Waals surface area (Å²) in [7, 11) is -3.69. The third kappa shape index (κ3) is 5.72. The third-order valence-corrected chi connectivity index (χ3v) is 5.58. The first-order valence-electron chi connectivity index (χ1n) is 8.78. The number of sulfonamides is 1. The molecule has 0 aromatic carbocycles. The molecule has 8 nitrogen and oxygen atoms in total. The summed E-state index contributed by atoms with van der Waals surface area (Å²) in [5.74, 6) is -3.21. The molecule has 0 spiro atoms. The molecule has 0 aliphatic heterocycles. The van der Waals surface area contributed by atoms with Crippen LogP contribution < -0.4 is 14.2 Å². The van der Waals surface area contributed by atoms with Gasteiger partial charge < -0.3 is 9.47 Å². The molecule has 0 unspecified atom stereocenters. The van der Waals surface area contributed by atoms with E-state index in [0.29, 0.717) is 12.8 Å². The van der Waals surface area contributed by atoms with E-state index in [0.717, 1.165) is 25.4 Å². The summed E-state index contributed by atoms with van der Waals surface area (Å²) in [4.78, 5) is 7.83. The second-order valence-electron chi connectivity index (χ2n) is 6.92. The molecular weight excluding hydrogens is 444 g/mol. The Morgan fingerprint density at radius 3 is 2.61 bits per heavy atom. The highest BCUT2D eigenvalue weighted by Crippen LogP contribution is 2.45. The maximum atomic E-state index is 14.4. The number of ether oxygens (including phenoxy) is 2. The van der Waals surface area contributed by atoms with Gasteiger partial charge in [-0.1, -0.05) is 0 Å². The number of nitrogens with one attached hydrogen (secondary N) is 1. The minimum absolute atomic E-state index is 0.0212. The van der Waals surface area contributed by atoms with Crippen LogP contribution in [0.1, 0.15) is 12.8 Å². The Balaban J connectivity index is 1.90. The molecule has 2 heterocycles. The van der Waals surface area contributed by atoms with Gasteiger partial charge in [0.25, 0.3) is 0 Å². The molecule has 0 amide bonds. The van der Waals surface area contributed by atoms with Crippen molar-refractivity contribution in [3.05, 3.63) is 30.2 Å². The molecule has 2 aromatic heterocycles. The van der Waals surface area contributed by atoms with Gasteiger partial charge in [-0.3, -0.25) is 4.72 Å². The van der Waals surface area contributed by atoms with Crippen molar-refractivity contribution in [1.29, 1.82) is 5.26 Å². The van der Waals surface area contributed by atoms with Gasteiger partial charge in [0.1, 0.15) is 23.8 Å². The van der Waals surface area contributed by atoms with Crippen LogP contribution in [0, 0.1) is 22.6 Å². The lowest BCUT2D eigenvalue weighted by Gasteiger charge is -2.14. The zero-order valence-electron chi connectivity index (χ0n) is 16.0. The first-order chi connectivity index (χ1) is 14.5. The quantitative estimate of drug-likeness (QED) is 0.602. The number of pyridine rings is 2. The summed E-state index contributed by atoms with van der Waals surface area (Å²) < 4.78 is 87.6. The summed E-state index contributed by atoms with van der Waals surface area (Å²) in [6.45, 7) is 0.0743. The van der Waals surface area contributed by atoms with Crippen LogP contribution in [0.15, 0.2) is 24.4 Å². The summed E-state index contributed by atoms with van der Waals surface area (Å²) in [6, 6.07) is 5.51. The molecule has 0 bridgehead atoms. The Bertz CT molecular complexity index is 1130. The van der Waals surface area contributed by atoms with E-state index in [9.17, 15) is 26.0 Å². The summed E-state index contributed by atoms with van der Waals surface area (Å²) in [6.07, 6.45) is -2.48. The van der Waals surface area contributed by atoms with E-state index in [1.807, 2.05) is 0 Å². The Morgan fingerprint density at radius 1 is 1.32 bits per heavy atom. The van der Waals surface area contributed by atoms with Gasteiger partial charge in [-0.25, -0.2) is 22.8 Å². The molecule has 1 N–H and O–H groups in total. The number of nitriles is 1. The summed E-state index contributed by atoms with van der Waals surface area (Å²) in [5, 5.41) is 9.10. The summed E-state index contributed by atoms with van der Waals surface area (Å²) >= 11 is 0. The SMILES string of the molecule is COc1ncc(-c2nc(OCC3(C#N)CC3)ccc2F)cc1NS(=O)(=O)CC(F)(F)F. The molecule has 1 aliphatic carbocycles. The van der Waals surface area contributed by atoms with Crippen LogP contribution >= 0.6 is 0 Å². The maximum absolute atomic E-state index is 14.4. The van der Waals surface area contributed by atoms with E-state index >= 15 is 0 Å². The number of rotatable bonds is 8. The number of halogens is 4. The lowest BCUT2D eigenvalue weighted by atomic mass is 10.1. The second kappa shape index (κ2) is 8.18. The van der Waals surface area contributed by atoms with Crippen molar-refractivity contribution in [1.82, 2.24) is 9.97 Å². The standard InChI is InChI=1S/C18H16F4N4O4S/c1-29-16-13(26-31(27,28)10-18(20,21)22)6-11(7-24-16)15-12(19)2-3-14(25-15)30-9-17(8-23)4-5-17/h2-3,6-7,26H,4-5,9-10H2,1H3. The lowest BCUT2D eigenvalue weighted by Crippen LogP contribution is -2.28. The van der Waals surface area contributed by atoms with Gasteiger partial charge in [0.05, 0.1) is 18.6 Å². The fourth-order valence-electron chi connectivity index (χ4n) is 2.60. The van der Waals surface area contributed by atoms with Gasteiger partial charge in [0, 0.05) is 17.8 Å². The number of methoxy groups -OCH3 is 1. The smallest absolute Gasteiger partial charge is 0.404 e. The largest absolute Gasteiger partial charge is 0.480 e. The Morgan fingerprint density at radius 2 is 2.03 bits per heavy atom. The van der Waals surface area contributed by atoms with Crippen LogP contribution in [0.5, 0.6) is 11.8 Å². The van der Waals surface area contributed by atoms with E-state index in [1.165, 1.54) is 6.07 Å². The average Bonchev–Trinajstić information content (AvgIpc) is 3.45. The Labute approximate surface area is 174 Å². The molecule has 2 aromatic rings. The van der Waals surface area contributed by atoms with Crippen LogP contribution in [-0.2, 0) is 10.0 Å². The second-order valence-corrected chi connectivity index (χ2v) is 8.64. The zero-order chi connectivity index (χ0) is 22.9. The number of hydrogen-bond acceptors (Lipinski definition) is 7. The number of hydrogen-bond donors (Lipinski definition) is 1.